The number of amides is 2. The van der Waals surface area contributed by atoms with Crippen LogP contribution in [0.2, 0.25) is 0 Å². The van der Waals surface area contributed by atoms with Crippen LogP contribution in [0.4, 0.5) is 5.82 Å². The average molecular weight is 422 g/mol. The number of ether oxygens (including phenoxy) is 2. The zero-order valence-electron chi connectivity index (χ0n) is 17.0. The predicted molar refractivity (Wildman–Crippen MR) is 110 cm³/mol. The van der Waals surface area contributed by atoms with E-state index < -0.39 is 24.4 Å². The molecule has 3 rings (SSSR count). The Morgan fingerprint density at radius 3 is 2.45 bits per heavy atom. The minimum absolute atomic E-state index is 0.296. The molecule has 0 radical (unpaired) electrons. The minimum Gasteiger partial charge on any atom is -0.497 e. The molecular formula is C22H22N4O5. The molecule has 1 saturated heterocycles. The summed E-state index contributed by atoms with van der Waals surface area (Å²) in [5, 5.41) is 11.0. The Morgan fingerprint density at radius 1 is 1.16 bits per heavy atom. The number of nitrogens with zero attached hydrogens (tertiary/aromatic N) is 3. The van der Waals surface area contributed by atoms with Crippen molar-refractivity contribution < 1.29 is 23.9 Å². The number of carbonyl (C=O) groups is 3. The summed E-state index contributed by atoms with van der Waals surface area (Å²) in [4.78, 5) is 42.6. The highest BCUT2D eigenvalue weighted by Gasteiger charge is 2.27. The van der Waals surface area contributed by atoms with Gasteiger partial charge in [-0.3, -0.25) is 19.7 Å². The van der Waals surface area contributed by atoms with Gasteiger partial charge in [-0.25, -0.2) is 4.98 Å². The fraction of sp³-hybridized carbons (Fsp3) is 0.318. The van der Waals surface area contributed by atoms with Crippen LogP contribution in [0, 0.1) is 17.2 Å². The number of piperidine rings is 1. The van der Waals surface area contributed by atoms with Gasteiger partial charge >= 0.3 is 5.97 Å². The van der Waals surface area contributed by atoms with Crippen molar-refractivity contribution in [3.63, 3.8) is 0 Å². The molecule has 160 valence electrons. The number of carbonyl (C=O) groups excluding carboxylic acids is 3. The van der Waals surface area contributed by atoms with Crippen molar-refractivity contribution in [2.75, 3.05) is 31.7 Å². The van der Waals surface area contributed by atoms with Crippen molar-refractivity contribution in [2.45, 2.75) is 12.8 Å². The number of imide groups is 1. The number of benzene rings is 1. The third kappa shape index (κ3) is 5.79. The Bertz CT molecular complexity index is 974. The normalized spacial score (nSPS) is 13.7. The van der Waals surface area contributed by atoms with Crippen LogP contribution in [0.3, 0.4) is 0 Å². The molecular weight excluding hydrogens is 400 g/mol. The Labute approximate surface area is 179 Å². The van der Waals surface area contributed by atoms with Crippen LogP contribution < -0.4 is 15.0 Å². The van der Waals surface area contributed by atoms with E-state index in [-0.39, 0.29) is 5.92 Å². The van der Waals surface area contributed by atoms with Crippen LogP contribution in [-0.2, 0) is 14.3 Å². The fourth-order valence-electron chi connectivity index (χ4n) is 3.22. The van der Waals surface area contributed by atoms with Gasteiger partial charge in [0, 0.05) is 24.8 Å². The molecule has 1 aromatic carbocycles. The molecule has 1 N–H and O–H groups in total. The van der Waals surface area contributed by atoms with Crippen LogP contribution in [0.1, 0.15) is 28.8 Å². The molecule has 1 aliphatic rings. The number of methoxy groups -OCH3 is 1. The van der Waals surface area contributed by atoms with E-state index in [1.807, 2.05) is 11.0 Å². The summed E-state index contributed by atoms with van der Waals surface area (Å²) >= 11 is 0. The first-order chi connectivity index (χ1) is 15.0. The molecule has 2 heterocycles. The van der Waals surface area contributed by atoms with Crippen molar-refractivity contribution in [1.82, 2.24) is 10.3 Å². The van der Waals surface area contributed by atoms with Crippen LogP contribution in [0.15, 0.2) is 42.6 Å². The fourth-order valence-corrected chi connectivity index (χ4v) is 3.22. The highest BCUT2D eigenvalue weighted by molar-refractivity contribution is 6.05. The molecule has 0 bridgehead atoms. The molecule has 0 unspecified atom stereocenters. The van der Waals surface area contributed by atoms with Gasteiger partial charge < -0.3 is 14.4 Å². The highest BCUT2D eigenvalue weighted by Crippen LogP contribution is 2.23. The van der Waals surface area contributed by atoms with Gasteiger partial charge in [0.2, 0.25) is 0 Å². The molecule has 0 atom stereocenters. The topological polar surface area (TPSA) is 122 Å². The Balaban J connectivity index is 1.41. The quantitative estimate of drug-likeness (QED) is 0.698. The first kappa shape index (κ1) is 21.8. The minimum atomic E-state index is -0.687. The molecule has 2 amide bonds. The molecule has 31 heavy (non-hydrogen) atoms. The summed E-state index contributed by atoms with van der Waals surface area (Å²) in [5.74, 6) is -0.695. The SMILES string of the molecule is COc1ccc(C(=O)NC(=O)COC(=O)C2CCN(c3ccc(C#N)cn3)CC2)cc1. The van der Waals surface area contributed by atoms with Crippen LogP contribution in [0.25, 0.3) is 0 Å². The molecule has 1 fully saturated rings. The number of nitrogens with one attached hydrogen (secondary N) is 1. The molecule has 1 aliphatic heterocycles. The van der Waals surface area contributed by atoms with Crippen molar-refractivity contribution in [1.29, 1.82) is 5.26 Å². The van der Waals surface area contributed by atoms with Crippen LogP contribution in [0.5, 0.6) is 5.75 Å². The summed E-state index contributed by atoms with van der Waals surface area (Å²) < 4.78 is 10.1. The van der Waals surface area contributed by atoms with E-state index in [0.717, 1.165) is 5.82 Å². The Hall–Kier alpha value is -3.93. The molecule has 0 spiro atoms. The number of nitriles is 1. The number of hydrogen-bond donors (Lipinski definition) is 1. The zero-order chi connectivity index (χ0) is 22.2. The summed E-state index contributed by atoms with van der Waals surface area (Å²) in [6, 6.07) is 11.8. The summed E-state index contributed by atoms with van der Waals surface area (Å²) in [5.41, 5.74) is 0.787. The van der Waals surface area contributed by atoms with E-state index in [4.69, 9.17) is 14.7 Å². The van der Waals surface area contributed by atoms with E-state index in [1.165, 1.54) is 25.4 Å². The van der Waals surface area contributed by atoms with Gasteiger partial charge in [0.1, 0.15) is 17.6 Å². The Kier molecular flexibility index (Phi) is 7.17. The largest absolute Gasteiger partial charge is 0.497 e. The lowest BCUT2D eigenvalue weighted by molar-refractivity contribution is -0.153. The molecule has 1 aromatic heterocycles. The second-order valence-electron chi connectivity index (χ2n) is 6.99. The van der Waals surface area contributed by atoms with Gasteiger partial charge in [0.25, 0.3) is 11.8 Å². The third-order valence-corrected chi connectivity index (χ3v) is 4.98. The van der Waals surface area contributed by atoms with Gasteiger partial charge in [-0.1, -0.05) is 0 Å². The second kappa shape index (κ2) is 10.2. The van der Waals surface area contributed by atoms with E-state index in [9.17, 15) is 14.4 Å². The van der Waals surface area contributed by atoms with Gasteiger partial charge in [-0.2, -0.15) is 5.26 Å². The van der Waals surface area contributed by atoms with E-state index in [2.05, 4.69) is 10.3 Å². The highest BCUT2D eigenvalue weighted by atomic mass is 16.5. The number of pyridine rings is 1. The number of rotatable bonds is 6. The van der Waals surface area contributed by atoms with Gasteiger partial charge in [-0.15, -0.1) is 0 Å². The number of hydrogen-bond acceptors (Lipinski definition) is 8. The first-order valence-corrected chi connectivity index (χ1v) is 9.76. The maximum atomic E-state index is 12.3. The van der Waals surface area contributed by atoms with Crippen molar-refractivity contribution >= 4 is 23.6 Å². The van der Waals surface area contributed by atoms with E-state index >= 15 is 0 Å². The van der Waals surface area contributed by atoms with E-state index in [1.54, 1.807) is 24.3 Å². The summed E-state index contributed by atoms with van der Waals surface area (Å²) in [7, 11) is 1.51. The van der Waals surface area contributed by atoms with Gasteiger partial charge in [0.05, 0.1) is 18.6 Å². The Morgan fingerprint density at radius 2 is 1.87 bits per heavy atom. The summed E-state index contributed by atoms with van der Waals surface area (Å²) in [6.07, 6.45) is 2.64. The monoisotopic (exact) mass is 422 g/mol. The van der Waals surface area contributed by atoms with Gasteiger partial charge in [-0.05, 0) is 49.2 Å². The molecule has 9 nitrogen and oxygen atoms in total. The van der Waals surface area contributed by atoms with Crippen LogP contribution >= 0.6 is 0 Å². The van der Waals surface area contributed by atoms with Crippen molar-refractivity contribution in [3.05, 3.63) is 53.7 Å². The van der Waals surface area contributed by atoms with Crippen molar-refractivity contribution in [3.8, 4) is 11.8 Å². The lowest BCUT2D eigenvalue weighted by Crippen LogP contribution is -2.39. The standard InChI is InChI=1S/C22H22N4O5/c1-30-18-5-3-16(4-6-18)21(28)25-20(27)14-31-22(29)17-8-10-26(11-9-17)19-7-2-15(12-23)13-24-19/h2-7,13,17H,8-11,14H2,1H3,(H,25,27,28). The zero-order valence-corrected chi connectivity index (χ0v) is 17.0. The van der Waals surface area contributed by atoms with Crippen LogP contribution in [-0.4, -0.2) is 49.6 Å². The number of anilines is 1. The average Bonchev–Trinajstić information content (AvgIpc) is 2.82. The third-order valence-electron chi connectivity index (χ3n) is 4.98. The molecule has 0 saturated carbocycles. The molecule has 2 aromatic rings. The van der Waals surface area contributed by atoms with Crippen molar-refractivity contribution in [2.24, 2.45) is 5.92 Å². The first-order valence-electron chi connectivity index (χ1n) is 9.76. The molecule has 0 aliphatic carbocycles. The lowest BCUT2D eigenvalue weighted by atomic mass is 9.97. The number of esters is 1. The number of aromatic nitrogens is 1. The lowest BCUT2D eigenvalue weighted by Gasteiger charge is -2.31. The second-order valence-corrected chi connectivity index (χ2v) is 6.99. The summed E-state index contributed by atoms with van der Waals surface area (Å²) in [6.45, 7) is 0.708. The molecule has 9 heteroatoms. The van der Waals surface area contributed by atoms with Gasteiger partial charge in [0.15, 0.2) is 6.61 Å². The predicted octanol–water partition coefficient (Wildman–Crippen LogP) is 1.68. The maximum absolute atomic E-state index is 12.3. The van der Waals surface area contributed by atoms with E-state index in [0.29, 0.717) is 42.8 Å². The smallest absolute Gasteiger partial charge is 0.309 e. The maximum Gasteiger partial charge on any atom is 0.309 e.